The summed E-state index contributed by atoms with van der Waals surface area (Å²) in [6.45, 7) is 4.12. The molecule has 0 radical (unpaired) electrons. The summed E-state index contributed by atoms with van der Waals surface area (Å²) in [7, 11) is 3.37. The molecule has 2 amide bonds. The first-order valence-corrected chi connectivity index (χ1v) is 8.91. The third kappa shape index (κ3) is 3.43. The summed E-state index contributed by atoms with van der Waals surface area (Å²) in [5.74, 6) is 0.192. The van der Waals surface area contributed by atoms with Crippen LogP contribution >= 0.6 is 0 Å². The Hall–Kier alpha value is -1.18. The molecule has 3 atom stereocenters. The molecule has 3 rings (SSSR count). The maximum Gasteiger partial charge on any atom is 0.230 e. The summed E-state index contributed by atoms with van der Waals surface area (Å²) < 4.78 is 10.7. The molecular weight excluding hydrogens is 310 g/mol. The average molecular weight is 339 g/mol. The molecule has 24 heavy (non-hydrogen) atoms. The Labute approximate surface area is 143 Å². The summed E-state index contributed by atoms with van der Waals surface area (Å²) in [5.41, 5.74) is -0.592. The van der Waals surface area contributed by atoms with Gasteiger partial charge in [-0.05, 0) is 25.8 Å². The third-order valence-corrected chi connectivity index (χ3v) is 5.78. The van der Waals surface area contributed by atoms with Gasteiger partial charge < -0.3 is 24.6 Å². The van der Waals surface area contributed by atoms with Crippen molar-refractivity contribution in [2.24, 2.45) is 5.41 Å². The lowest BCUT2D eigenvalue weighted by atomic mass is 9.81. The zero-order valence-corrected chi connectivity index (χ0v) is 14.8. The minimum atomic E-state index is -0.592. The second-order valence-corrected chi connectivity index (χ2v) is 7.27. The van der Waals surface area contributed by atoms with Crippen molar-refractivity contribution in [3.05, 3.63) is 0 Å². The van der Waals surface area contributed by atoms with Crippen LogP contribution in [0.4, 0.5) is 0 Å². The largest absolute Gasteiger partial charge is 0.380 e. The predicted molar refractivity (Wildman–Crippen MR) is 88.5 cm³/mol. The van der Waals surface area contributed by atoms with Crippen molar-refractivity contribution in [3.8, 4) is 0 Å². The highest BCUT2D eigenvalue weighted by Gasteiger charge is 2.47. The zero-order valence-electron chi connectivity index (χ0n) is 14.8. The fraction of sp³-hybridized carbons (Fsp3) is 0.882. The molecule has 3 saturated heterocycles. The van der Waals surface area contributed by atoms with Crippen LogP contribution in [0.3, 0.4) is 0 Å². The van der Waals surface area contributed by atoms with Gasteiger partial charge in [0.2, 0.25) is 11.8 Å². The number of nitrogens with one attached hydrogen (secondary N) is 1. The molecule has 136 valence electrons. The smallest absolute Gasteiger partial charge is 0.230 e. The van der Waals surface area contributed by atoms with Gasteiger partial charge in [-0.15, -0.1) is 0 Å². The zero-order chi connectivity index (χ0) is 17.2. The molecule has 1 unspecified atom stereocenters. The number of hydrogen-bond acceptors (Lipinski definition) is 5. The van der Waals surface area contributed by atoms with E-state index in [2.05, 4.69) is 5.32 Å². The van der Waals surface area contributed by atoms with E-state index in [0.29, 0.717) is 26.1 Å². The molecule has 0 aromatic rings. The standard InChI is InChI=1S/C17H29N3O4/c1-23-13-3-7-19(10-13)15(21)9-17(5-6-18-12-17)16(22)20-8-4-14(11-20)24-2/h13-14,18H,3-12H2,1-2H3/t13-,14-,17?/m1/s1. The first-order valence-electron chi connectivity index (χ1n) is 8.91. The number of methoxy groups -OCH3 is 2. The quantitative estimate of drug-likeness (QED) is 0.754. The number of carbonyl (C=O) groups excluding carboxylic acids is 2. The highest BCUT2D eigenvalue weighted by atomic mass is 16.5. The second-order valence-electron chi connectivity index (χ2n) is 7.27. The fourth-order valence-corrected chi connectivity index (χ4v) is 4.14. The number of ether oxygens (including phenoxy) is 2. The van der Waals surface area contributed by atoms with E-state index in [9.17, 15) is 9.59 Å². The molecule has 0 spiro atoms. The van der Waals surface area contributed by atoms with Crippen molar-refractivity contribution in [1.82, 2.24) is 15.1 Å². The van der Waals surface area contributed by atoms with Gasteiger partial charge in [0.05, 0.1) is 17.6 Å². The van der Waals surface area contributed by atoms with Crippen LogP contribution in [-0.2, 0) is 19.1 Å². The van der Waals surface area contributed by atoms with Gasteiger partial charge in [-0.1, -0.05) is 0 Å². The molecule has 3 aliphatic heterocycles. The van der Waals surface area contributed by atoms with Gasteiger partial charge >= 0.3 is 0 Å². The van der Waals surface area contributed by atoms with Gasteiger partial charge in [-0.2, -0.15) is 0 Å². The van der Waals surface area contributed by atoms with E-state index in [0.717, 1.165) is 38.9 Å². The van der Waals surface area contributed by atoms with E-state index in [4.69, 9.17) is 9.47 Å². The average Bonchev–Trinajstić information content (AvgIpc) is 3.33. The Morgan fingerprint density at radius 1 is 1.08 bits per heavy atom. The molecule has 7 heteroatoms. The number of amides is 2. The molecule has 3 fully saturated rings. The Balaban J connectivity index is 1.65. The van der Waals surface area contributed by atoms with Crippen LogP contribution in [0.1, 0.15) is 25.7 Å². The van der Waals surface area contributed by atoms with Crippen LogP contribution in [0.15, 0.2) is 0 Å². The highest BCUT2D eigenvalue weighted by molar-refractivity contribution is 5.90. The van der Waals surface area contributed by atoms with Gasteiger partial charge in [0.25, 0.3) is 0 Å². The van der Waals surface area contributed by atoms with Crippen molar-refractivity contribution in [3.63, 3.8) is 0 Å². The molecular formula is C17H29N3O4. The summed E-state index contributed by atoms with van der Waals surface area (Å²) in [5, 5.41) is 3.28. The summed E-state index contributed by atoms with van der Waals surface area (Å²) in [4.78, 5) is 29.6. The minimum absolute atomic E-state index is 0.0779. The van der Waals surface area contributed by atoms with Crippen LogP contribution in [0.25, 0.3) is 0 Å². The molecule has 0 bridgehead atoms. The van der Waals surface area contributed by atoms with Crippen molar-refractivity contribution in [1.29, 1.82) is 0 Å². The summed E-state index contributed by atoms with van der Waals surface area (Å²) in [6, 6.07) is 0. The molecule has 1 N–H and O–H groups in total. The molecule has 3 heterocycles. The van der Waals surface area contributed by atoms with Crippen LogP contribution in [0.5, 0.6) is 0 Å². The first-order chi connectivity index (χ1) is 11.6. The maximum absolute atomic E-state index is 13.1. The molecule has 3 aliphatic rings. The van der Waals surface area contributed by atoms with Crippen molar-refractivity contribution >= 4 is 11.8 Å². The maximum atomic E-state index is 13.1. The van der Waals surface area contributed by atoms with Crippen molar-refractivity contribution < 1.29 is 19.1 Å². The molecule has 0 aliphatic carbocycles. The third-order valence-electron chi connectivity index (χ3n) is 5.78. The lowest BCUT2D eigenvalue weighted by Gasteiger charge is -2.32. The number of carbonyl (C=O) groups is 2. The molecule has 0 aromatic heterocycles. The Kier molecular flexibility index (Phi) is 5.42. The van der Waals surface area contributed by atoms with Gasteiger partial charge in [-0.3, -0.25) is 9.59 Å². The van der Waals surface area contributed by atoms with Gasteiger partial charge in [0, 0.05) is 53.4 Å². The van der Waals surface area contributed by atoms with Crippen molar-refractivity contribution in [2.45, 2.75) is 37.9 Å². The minimum Gasteiger partial charge on any atom is -0.380 e. The summed E-state index contributed by atoms with van der Waals surface area (Å²) in [6.07, 6.45) is 3.03. The number of nitrogens with zero attached hydrogens (tertiary/aromatic N) is 2. The van der Waals surface area contributed by atoms with Gasteiger partial charge in [0.1, 0.15) is 0 Å². The Morgan fingerprint density at radius 3 is 2.25 bits per heavy atom. The number of rotatable bonds is 5. The predicted octanol–water partition coefficient (Wildman–Crippen LogP) is -0.149. The first kappa shape index (κ1) is 17.6. The van der Waals surface area contributed by atoms with Gasteiger partial charge in [-0.25, -0.2) is 0 Å². The van der Waals surface area contributed by atoms with Crippen LogP contribution < -0.4 is 5.32 Å². The van der Waals surface area contributed by atoms with Gasteiger partial charge in [0.15, 0.2) is 0 Å². The van der Waals surface area contributed by atoms with E-state index in [1.54, 1.807) is 14.2 Å². The van der Waals surface area contributed by atoms with E-state index in [-0.39, 0.29) is 24.0 Å². The Bertz CT molecular complexity index is 478. The van der Waals surface area contributed by atoms with E-state index in [1.165, 1.54) is 0 Å². The monoisotopic (exact) mass is 339 g/mol. The second kappa shape index (κ2) is 7.37. The van der Waals surface area contributed by atoms with E-state index >= 15 is 0 Å². The van der Waals surface area contributed by atoms with Crippen molar-refractivity contribution in [2.75, 3.05) is 53.5 Å². The van der Waals surface area contributed by atoms with Crippen LogP contribution in [-0.4, -0.2) is 87.3 Å². The van der Waals surface area contributed by atoms with E-state index in [1.807, 2.05) is 9.80 Å². The van der Waals surface area contributed by atoms with Crippen LogP contribution in [0.2, 0.25) is 0 Å². The van der Waals surface area contributed by atoms with Crippen LogP contribution in [0, 0.1) is 5.41 Å². The molecule has 7 nitrogen and oxygen atoms in total. The number of hydrogen-bond donors (Lipinski definition) is 1. The lowest BCUT2D eigenvalue weighted by Crippen LogP contribution is -2.47. The topological polar surface area (TPSA) is 71.1 Å². The normalized spacial score (nSPS) is 33.4. The Morgan fingerprint density at radius 2 is 1.71 bits per heavy atom. The highest BCUT2D eigenvalue weighted by Crippen LogP contribution is 2.34. The SMILES string of the molecule is CO[C@@H]1CCN(C(=O)CC2(C(=O)N3CC[C@@H](OC)C3)CCNC2)C1. The summed E-state index contributed by atoms with van der Waals surface area (Å²) >= 11 is 0. The fourth-order valence-electron chi connectivity index (χ4n) is 4.14. The number of likely N-dealkylation sites (tertiary alicyclic amines) is 2. The van der Waals surface area contributed by atoms with E-state index < -0.39 is 5.41 Å². The lowest BCUT2D eigenvalue weighted by molar-refractivity contribution is -0.146. The molecule has 0 aromatic carbocycles. The molecule has 0 saturated carbocycles.